The van der Waals surface area contributed by atoms with E-state index in [1.54, 1.807) is 0 Å². The zero-order valence-corrected chi connectivity index (χ0v) is 32.4. The molecule has 1 aliphatic heterocycles. The molecule has 0 spiro atoms. The van der Waals surface area contributed by atoms with Crippen LogP contribution in [0.2, 0.25) is 0 Å². The van der Waals surface area contributed by atoms with Crippen LogP contribution in [0.4, 0.5) is 0 Å². The molecule has 2 aliphatic rings. The van der Waals surface area contributed by atoms with E-state index in [0.717, 1.165) is 82.6 Å². The first-order valence-electron chi connectivity index (χ1n) is 20.5. The van der Waals surface area contributed by atoms with Gasteiger partial charge in [-0.25, -0.2) is 0 Å². The fraction of sp³-hybridized carbons (Fsp3) is 0.0175. The molecule has 0 saturated heterocycles. The van der Waals surface area contributed by atoms with Gasteiger partial charge in [0.2, 0.25) is 0 Å². The molecule has 10 aromatic carbocycles. The molecule has 3 heteroatoms. The van der Waals surface area contributed by atoms with Gasteiger partial charge < -0.3 is 13.9 Å². The molecule has 1 aliphatic carbocycles. The van der Waals surface area contributed by atoms with Gasteiger partial charge in [0.25, 0.3) is 0 Å². The second kappa shape index (κ2) is 12.6. The van der Waals surface area contributed by atoms with Crippen LogP contribution in [0.3, 0.4) is 0 Å². The molecule has 0 unspecified atom stereocenters. The molecule has 11 aromatic rings. The van der Waals surface area contributed by atoms with Gasteiger partial charge in [0.1, 0.15) is 11.2 Å². The second-order valence-corrected chi connectivity index (χ2v) is 15.8. The molecule has 0 radical (unpaired) electrons. The summed E-state index contributed by atoms with van der Waals surface area (Å²) >= 11 is 0. The standard InChI is InChI=1S/C57H34O3/c1-3-17-36(18-4-1)57(37-19-5-2-6-20-37)46-27-13-11-26-43(46)54-47(57)34-45(55-56(54)60-51-30-16-15-29-50(51)59-55)53-41-24-9-7-22-39(41)52(40-23-8-10-25-42(40)53)35-31-32-49-44(33-35)38-21-12-14-28-48(38)58-49/h1-34H. The average Bonchev–Trinajstić information content (AvgIpc) is 3.84. The van der Waals surface area contributed by atoms with Crippen molar-refractivity contribution in [1.29, 1.82) is 0 Å². The van der Waals surface area contributed by atoms with Crippen LogP contribution in [-0.2, 0) is 5.41 Å². The number of hydrogen-bond donors (Lipinski definition) is 0. The maximum absolute atomic E-state index is 7.16. The number of furan rings is 1. The highest BCUT2D eigenvalue weighted by molar-refractivity contribution is 6.23. The smallest absolute Gasteiger partial charge is 0.178 e. The SMILES string of the molecule is c1ccc(C2(c3ccccc3)c3ccccc3-c3c2cc(-c2c4ccccc4c(-c4ccc5oc6ccccc6c5c4)c4ccccc24)c2c3Oc3ccccc3O2)cc1. The van der Waals surface area contributed by atoms with E-state index in [-0.39, 0.29) is 0 Å². The number of ether oxygens (including phenoxy) is 2. The topological polar surface area (TPSA) is 31.6 Å². The maximum Gasteiger partial charge on any atom is 0.178 e. The molecule has 0 amide bonds. The fourth-order valence-electron chi connectivity index (χ4n) is 10.4. The second-order valence-electron chi connectivity index (χ2n) is 15.8. The van der Waals surface area contributed by atoms with Gasteiger partial charge in [-0.1, -0.05) is 170 Å². The van der Waals surface area contributed by atoms with Crippen molar-refractivity contribution >= 4 is 43.5 Å². The Hall–Kier alpha value is -7.88. The molecule has 0 bridgehead atoms. The zero-order chi connectivity index (χ0) is 39.4. The number of hydrogen-bond acceptors (Lipinski definition) is 3. The van der Waals surface area contributed by atoms with Crippen molar-refractivity contribution < 1.29 is 13.9 Å². The third-order valence-corrected chi connectivity index (χ3v) is 12.8. The lowest BCUT2D eigenvalue weighted by atomic mass is 9.67. The van der Waals surface area contributed by atoms with Crippen molar-refractivity contribution in [2.75, 3.05) is 0 Å². The third kappa shape index (κ3) is 4.49. The Morgan fingerprint density at radius 1 is 0.317 bits per heavy atom. The van der Waals surface area contributed by atoms with Gasteiger partial charge in [-0.15, -0.1) is 0 Å². The molecule has 280 valence electrons. The quantitative estimate of drug-likeness (QED) is 0.167. The van der Waals surface area contributed by atoms with E-state index in [9.17, 15) is 0 Å². The Morgan fingerprint density at radius 2 is 0.833 bits per heavy atom. The fourth-order valence-corrected chi connectivity index (χ4v) is 10.4. The third-order valence-electron chi connectivity index (χ3n) is 12.8. The Kier molecular flexibility index (Phi) is 6.93. The summed E-state index contributed by atoms with van der Waals surface area (Å²) in [5.74, 6) is 2.84. The van der Waals surface area contributed by atoms with Crippen molar-refractivity contribution in [2.45, 2.75) is 5.41 Å². The highest BCUT2D eigenvalue weighted by Crippen LogP contribution is 2.65. The molecule has 0 atom stereocenters. The molecule has 60 heavy (non-hydrogen) atoms. The molecule has 13 rings (SSSR count). The summed E-state index contributed by atoms with van der Waals surface area (Å²) in [4.78, 5) is 0. The van der Waals surface area contributed by atoms with Crippen LogP contribution in [-0.4, -0.2) is 0 Å². The lowest BCUT2D eigenvalue weighted by Crippen LogP contribution is -2.28. The van der Waals surface area contributed by atoms with Gasteiger partial charge in [0.15, 0.2) is 23.0 Å². The predicted octanol–water partition coefficient (Wildman–Crippen LogP) is 15.5. The molecule has 0 N–H and O–H groups in total. The van der Waals surface area contributed by atoms with Crippen LogP contribution in [0, 0.1) is 0 Å². The van der Waals surface area contributed by atoms with Gasteiger partial charge in [-0.3, -0.25) is 0 Å². The van der Waals surface area contributed by atoms with Crippen LogP contribution in [0.5, 0.6) is 23.0 Å². The highest BCUT2D eigenvalue weighted by Gasteiger charge is 2.49. The van der Waals surface area contributed by atoms with E-state index in [4.69, 9.17) is 13.9 Å². The summed E-state index contributed by atoms with van der Waals surface area (Å²) in [6.07, 6.45) is 0. The first kappa shape index (κ1) is 33.1. The van der Waals surface area contributed by atoms with Crippen molar-refractivity contribution in [2.24, 2.45) is 0 Å². The van der Waals surface area contributed by atoms with Gasteiger partial charge in [-0.2, -0.15) is 0 Å². The van der Waals surface area contributed by atoms with Crippen LogP contribution >= 0.6 is 0 Å². The average molecular weight is 767 g/mol. The maximum atomic E-state index is 7.16. The summed E-state index contributed by atoms with van der Waals surface area (Å²) in [5.41, 5.74) is 12.5. The number of rotatable bonds is 4. The van der Waals surface area contributed by atoms with Gasteiger partial charge in [0, 0.05) is 27.5 Å². The Balaban J connectivity index is 1.18. The molecular formula is C57H34O3. The first-order chi connectivity index (χ1) is 29.8. The predicted molar refractivity (Wildman–Crippen MR) is 243 cm³/mol. The molecule has 0 saturated carbocycles. The largest absolute Gasteiger partial charge is 0.456 e. The molecule has 1 aromatic heterocycles. The van der Waals surface area contributed by atoms with Crippen molar-refractivity contribution in [3.05, 3.63) is 229 Å². The first-order valence-corrected chi connectivity index (χ1v) is 20.5. The summed E-state index contributed by atoms with van der Waals surface area (Å²) < 4.78 is 20.6. The van der Waals surface area contributed by atoms with Crippen molar-refractivity contribution in [3.8, 4) is 56.4 Å². The summed E-state index contributed by atoms with van der Waals surface area (Å²) in [7, 11) is 0. The zero-order valence-electron chi connectivity index (χ0n) is 32.4. The molecule has 2 heterocycles. The summed E-state index contributed by atoms with van der Waals surface area (Å²) in [5, 5.41) is 6.80. The van der Waals surface area contributed by atoms with E-state index >= 15 is 0 Å². The van der Waals surface area contributed by atoms with Gasteiger partial charge in [-0.05, 0) is 96.9 Å². The minimum absolute atomic E-state index is 0.646. The van der Waals surface area contributed by atoms with E-state index in [0.29, 0.717) is 17.2 Å². The van der Waals surface area contributed by atoms with Gasteiger partial charge in [0.05, 0.1) is 5.41 Å². The van der Waals surface area contributed by atoms with Gasteiger partial charge >= 0.3 is 0 Å². The minimum Gasteiger partial charge on any atom is -0.456 e. The number of benzene rings is 10. The minimum atomic E-state index is -0.646. The monoisotopic (exact) mass is 766 g/mol. The van der Waals surface area contributed by atoms with Crippen LogP contribution in [0.25, 0.3) is 76.9 Å². The van der Waals surface area contributed by atoms with Crippen LogP contribution in [0.1, 0.15) is 22.3 Å². The van der Waals surface area contributed by atoms with Crippen LogP contribution < -0.4 is 9.47 Å². The molecular weight excluding hydrogens is 733 g/mol. The highest BCUT2D eigenvalue weighted by atomic mass is 16.6. The van der Waals surface area contributed by atoms with E-state index in [1.807, 2.05) is 36.4 Å². The Bertz CT molecular complexity index is 3450. The van der Waals surface area contributed by atoms with E-state index < -0.39 is 5.41 Å². The lowest BCUT2D eigenvalue weighted by Gasteiger charge is -2.35. The van der Waals surface area contributed by atoms with Crippen molar-refractivity contribution in [3.63, 3.8) is 0 Å². The normalized spacial score (nSPS) is 13.4. The molecule has 3 nitrogen and oxygen atoms in total. The van der Waals surface area contributed by atoms with E-state index in [2.05, 4.69) is 170 Å². The molecule has 0 fully saturated rings. The Morgan fingerprint density at radius 3 is 1.50 bits per heavy atom. The van der Waals surface area contributed by atoms with Crippen molar-refractivity contribution in [1.82, 2.24) is 0 Å². The lowest BCUT2D eigenvalue weighted by molar-refractivity contribution is 0.361. The summed E-state index contributed by atoms with van der Waals surface area (Å²) in [6, 6.07) is 73.7. The number of para-hydroxylation sites is 3. The van der Waals surface area contributed by atoms with E-state index in [1.165, 1.54) is 22.3 Å². The Labute approximate surface area is 346 Å². The summed E-state index contributed by atoms with van der Waals surface area (Å²) in [6.45, 7) is 0. The van der Waals surface area contributed by atoms with Crippen LogP contribution in [0.15, 0.2) is 211 Å². The number of fused-ring (bicyclic) bond motifs is 11.